The molecule has 0 aliphatic rings. The van der Waals surface area contributed by atoms with Crippen LogP contribution in [0.4, 0.5) is 13.2 Å². The molecule has 7 heteroatoms. The number of benzene rings is 1. The average Bonchev–Trinajstić information content (AvgIpc) is 2.03. The third-order valence-electron chi connectivity index (χ3n) is 1.77. The first-order valence-electron chi connectivity index (χ1n) is 4.23. The second kappa shape index (κ2) is 4.63. The fraction of sp³-hybridized carbons (Fsp3) is 0.333. The van der Waals surface area contributed by atoms with E-state index < -0.39 is 21.6 Å². The van der Waals surface area contributed by atoms with Crippen molar-refractivity contribution in [1.29, 1.82) is 0 Å². The van der Waals surface area contributed by atoms with Crippen molar-refractivity contribution in [2.24, 2.45) is 0 Å². The third-order valence-corrected chi connectivity index (χ3v) is 2.77. The SMILES string of the molecule is O=S(=O)(Cl)Cc1ccc(CC(F)(F)F)cc1. The third kappa shape index (κ3) is 5.37. The second-order valence-corrected chi connectivity index (χ2v) is 6.07. The average molecular weight is 273 g/mol. The number of halogens is 4. The molecule has 1 rings (SSSR count). The van der Waals surface area contributed by atoms with Crippen LogP contribution in [0, 0.1) is 0 Å². The predicted molar refractivity (Wildman–Crippen MR) is 54.7 cm³/mol. The number of hydrogen-bond acceptors (Lipinski definition) is 2. The molecule has 90 valence electrons. The maximum Gasteiger partial charge on any atom is 0.393 e. The molecule has 0 aromatic heterocycles. The maximum absolute atomic E-state index is 12.0. The van der Waals surface area contributed by atoms with Crippen LogP contribution in [0.1, 0.15) is 11.1 Å². The van der Waals surface area contributed by atoms with Gasteiger partial charge in [0.05, 0.1) is 12.2 Å². The Morgan fingerprint density at radius 3 is 1.88 bits per heavy atom. The van der Waals surface area contributed by atoms with E-state index in [2.05, 4.69) is 0 Å². The number of rotatable bonds is 3. The first-order chi connectivity index (χ1) is 7.16. The summed E-state index contributed by atoms with van der Waals surface area (Å²) < 4.78 is 57.4. The molecular formula is C9H8ClF3O2S. The monoisotopic (exact) mass is 272 g/mol. The fourth-order valence-electron chi connectivity index (χ4n) is 1.18. The van der Waals surface area contributed by atoms with E-state index in [9.17, 15) is 21.6 Å². The molecule has 0 saturated carbocycles. The minimum atomic E-state index is -4.26. The topological polar surface area (TPSA) is 34.1 Å². The Morgan fingerprint density at radius 1 is 1.06 bits per heavy atom. The molecule has 0 aliphatic carbocycles. The number of alkyl halides is 3. The second-order valence-electron chi connectivity index (χ2n) is 3.29. The minimum absolute atomic E-state index is 0.0863. The summed E-state index contributed by atoms with van der Waals surface area (Å²) in [5.74, 6) is -0.388. The van der Waals surface area contributed by atoms with Gasteiger partial charge in [-0.3, -0.25) is 0 Å². The van der Waals surface area contributed by atoms with Crippen molar-refractivity contribution >= 4 is 19.7 Å². The Morgan fingerprint density at radius 2 is 1.50 bits per heavy atom. The van der Waals surface area contributed by atoms with E-state index in [0.717, 1.165) is 0 Å². The molecule has 0 heterocycles. The molecular weight excluding hydrogens is 265 g/mol. The summed E-state index contributed by atoms with van der Waals surface area (Å²) in [5, 5.41) is 0. The molecule has 0 fully saturated rings. The Hall–Kier alpha value is -0.750. The maximum atomic E-state index is 12.0. The van der Waals surface area contributed by atoms with Crippen molar-refractivity contribution in [3.8, 4) is 0 Å². The van der Waals surface area contributed by atoms with Gasteiger partial charge in [-0.15, -0.1) is 0 Å². The van der Waals surface area contributed by atoms with Gasteiger partial charge in [-0.2, -0.15) is 13.2 Å². The highest BCUT2D eigenvalue weighted by molar-refractivity contribution is 8.13. The number of hydrogen-bond donors (Lipinski definition) is 0. The van der Waals surface area contributed by atoms with Crippen molar-refractivity contribution in [2.45, 2.75) is 18.3 Å². The summed E-state index contributed by atoms with van der Waals surface area (Å²) in [4.78, 5) is 0. The van der Waals surface area contributed by atoms with Gasteiger partial charge < -0.3 is 0 Å². The predicted octanol–water partition coefficient (Wildman–Crippen LogP) is 2.86. The van der Waals surface area contributed by atoms with E-state index in [0.29, 0.717) is 5.56 Å². The molecule has 0 unspecified atom stereocenters. The lowest BCUT2D eigenvalue weighted by Crippen LogP contribution is -2.11. The van der Waals surface area contributed by atoms with Gasteiger partial charge in [0.2, 0.25) is 9.05 Å². The lowest BCUT2D eigenvalue weighted by atomic mass is 10.1. The van der Waals surface area contributed by atoms with Gasteiger partial charge in [0.15, 0.2) is 0 Å². The van der Waals surface area contributed by atoms with Gasteiger partial charge in [-0.1, -0.05) is 24.3 Å². The van der Waals surface area contributed by atoms with E-state index in [-0.39, 0.29) is 11.3 Å². The highest BCUT2D eigenvalue weighted by Gasteiger charge is 2.27. The van der Waals surface area contributed by atoms with Crippen LogP contribution >= 0.6 is 10.7 Å². The molecule has 0 spiro atoms. The molecule has 0 saturated heterocycles. The van der Waals surface area contributed by atoms with E-state index in [1.165, 1.54) is 24.3 Å². The Bertz CT molecular complexity index is 451. The van der Waals surface area contributed by atoms with Crippen molar-refractivity contribution in [2.75, 3.05) is 0 Å². The Kier molecular flexibility index (Phi) is 3.85. The normalized spacial score (nSPS) is 12.8. The van der Waals surface area contributed by atoms with Crippen LogP contribution in [0.5, 0.6) is 0 Å². The fourth-order valence-corrected chi connectivity index (χ4v) is 2.15. The molecule has 2 nitrogen and oxygen atoms in total. The van der Waals surface area contributed by atoms with Crippen LogP contribution in [0.2, 0.25) is 0 Å². The van der Waals surface area contributed by atoms with E-state index in [1.807, 2.05) is 0 Å². The van der Waals surface area contributed by atoms with Crippen LogP contribution < -0.4 is 0 Å². The van der Waals surface area contributed by atoms with Gasteiger partial charge >= 0.3 is 6.18 Å². The molecule has 0 N–H and O–H groups in total. The van der Waals surface area contributed by atoms with Crippen LogP contribution in [-0.4, -0.2) is 14.6 Å². The quantitative estimate of drug-likeness (QED) is 0.793. The first kappa shape index (κ1) is 13.3. The van der Waals surface area contributed by atoms with Crippen molar-refractivity contribution < 1.29 is 21.6 Å². The highest BCUT2D eigenvalue weighted by atomic mass is 35.7. The zero-order valence-electron chi connectivity index (χ0n) is 7.96. The van der Waals surface area contributed by atoms with E-state index in [4.69, 9.17) is 10.7 Å². The van der Waals surface area contributed by atoms with Crippen LogP contribution in [0.25, 0.3) is 0 Å². The summed E-state index contributed by atoms with van der Waals surface area (Å²) in [6.45, 7) is 0. The van der Waals surface area contributed by atoms with Crippen molar-refractivity contribution in [3.05, 3.63) is 35.4 Å². The van der Waals surface area contributed by atoms with Crippen molar-refractivity contribution in [3.63, 3.8) is 0 Å². The smallest absolute Gasteiger partial charge is 0.212 e. The van der Waals surface area contributed by atoms with Gasteiger partial charge in [0, 0.05) is 10.7 Å². The van der Waals surface area contributed by atoms with Gasteiger partial charge in [0.1, 0.15) is 0 Å². The molecule has 1 aromatic carbocycles. The van der Waals surface area contributed by atoms with Gasteiger partial charge in [0.25, 0.3) is 0 Å². The molecule has 0 bridgehead atoms. The zero-order chi connectivity index (χ0) is 12.4. The zero-order valence-corrected chi connectivity index (χ0v) is 9.53. The summed E-state index contributed by atoms with van der Waals surface area (Å²) in [5.41, 5.74) is 0.448. The molecule has 0 atom stereocenters. The molecule has 0 aliphatic heterocycles. The van der Waals surface area contributed by atoms with Gasteiger partial charge in [-0.25, -0.2) is 8.42 Å². The summed E-state index contributed by atoms with van der Waals surface area (Å²) >= 11 is 0. The van der Waals surface area contributed by atoms with Gasteiger partial charge in [-0.05, 0) is 11.1 Å². The van der Waals surface area contributed by atoms with Crippen LogP contribution in [0.3, 0.4) is 0 Å². The summed E-state index contributed by atoms with van der Waals surface area (Å²) in [7, 11) is 1.33. The summed E-state index contributed by atoms with van der Waals surface area (Å²) in [6, 6.07) is 5.12. The van der Waals surface area contributed by atoms with Crippen LogP contribution in [-0.2, 0) is 21.2 Å². The Balaban J connectivity index is 2.76. The highest BCUT2D eigenvalue weighted by Crippen LogP contribution is 2.21. The Labute approximate surface area is 95.5 Å². The summed E-state index contributed by atoms with van der Waals surface area (Å²) in [6.07, 6.45) is -5.29. The van der Waals surface area contributed by atoms with Crippen molar-refractivity contribution in [1.82, 2.24) is 0 Å². The molecule has 1 aromatic rings. The largest absolute Gasteiger partial charge is 0.393 e. The standard InChI is InChI=1S/C9H8ClF3O2S/c10-16(14,15)6-8-3-1-7(2-4-8)5-9(11,12)13/h1-4H,5-6H2. The van der Waals surface area contributed by atoms with E-state index >= 15 is 0 Å². The lowest BCUT2D eigenvalue weighted by molar-refractivity contribution is -0.127. The molecule has 0 radical (unpaired) electrons. The lowest BCUT2D eigenvalue weighted by Gasteiger charge is -2.06. The van der Waals surface area contributed by atoms with E-state index in [1.54, 1.807) is 0 Å². The van der Waals surface area contributed by atoms with Crippen LogP contribution in [0.15, 0.2) is 24.3 Å². The first-order valence-corrected chi connectivity index (χ1v) is 6.70. The minimum Gasteiger partial charge on any atom is -0.212 e. The molecule has 16 heavy (non-hydrogen) atoms. The molecule has 0 amide bonds.